The van der Waals surface area contributed by atoms with Crippen LogP contribution in [0.4, 0.5) is 0 Å². The molecule has 0 bridgehead atoms. The fourth-order valence-electron chi connectivity index (χ4n) is 3.87. The molecule has 2 rings (SSSR count). The topological polar surface area (TPSA) is 148 Å². The third-order valence-electron chi connectivity index (χ3n) is 5.83. The van der Waals surface area contributed by atoms with E-state index in [1.165, 1.54) is 11.9 Å². The third-order valence-corrected chi connectivity index (χ3v) is 5.83. The van der Waals surface area contributed by atoms with Crippen molar-refractivity contribution in [2.45, 2.75) is 70.2 Å². The molecule has 9 heteroatoms. The normalized spacial score (nSPS) is 13.8. The highest BCUT2D eigenvalue weighted by atomic mass is 16.5. The van der Waals surface area contributed by atoms with Crippen molar-refractivity contribution >= 4 is 17.7 Å². The van der Waals surface area contributed by atoms with Gasteiger partial charge in [0, 0.05) is 26.5 Å². The third kappa shape index (κ3) is 9.86. The molecule has 0 spiro atoms. The van der Waals surface area contributed by atoms with E-state index in [0.717, 1.165) is 11.1 Å². The summed E-state index contributed by atoms with van der Waals surface area (Å²) in [6, 6.07) is 13.8. The number of nitrogens with two attached hydrogens (primary N) is 2. The second kappa shape index (κ2) is 13.8. The summed E-state index contributed by atoms with van der Waals surface area (Å²) in [7, 11) is 1.50. The van der Waals surface area contributed by atoms with Gasteiger partial charge < -0.3 is 31.5 Å². The number of aliphatic hydroxyl groups is 1. The van der Waals surface area contributed by atoms with E-state index < -0.39 is 35.8 Å². The lowest BCUT2D eigenvalue weighted by Gasteiger charge is -2.30. The van der Waals surface area contributed by atoms with Crippen molar-refractivity contribution in [1.29, 1.82) is 0 Å². The number of hydrogen-bond acceptors (Lipinski definition) is 6. The summed E-state index contributed by atoms with van der Waals surface area (Å²) >= 11 is 0. The number of benzene rings is 2. The van der Waals surface area contributed by atoms with Crippen molar-refractivity contribution in [3.8, 4) is 5.75 Å². The Balaban J connectivity index is 2.21. The molecule has 0 saturated heterocycles. The Morgan fingerprint density at radius 3 is 2.14 bits per heavy atom. The molecular formula is C28H40N4O5. The second-order valence-corrected chi connectivity index (χ2v) is 10.2. The summed E-state index contributed by atoms with van der Waals surface area (Å²) in [5.74, 6) is -0.918. The maximum absolute atomic E-state index is 13.6. The highest BCUT2D eigenvalue weighted by Crippen LogP contribution is 2.20. The molecule has 37 heavy (non-hydrogen) atoms. The zero-order valence-electron chi connectivity index (χ0n) is 22.1. The van der Waals surface area contributed by atoms with Crippen molar-refractivity contribution in [3.63, 3.8) is 0 Å². The number of nitrogens with zero attached hydrogens (tertiary/aromatic N) is 1. The fraction of sp³-hybridized carbons (Fsp3) is 0.464. The molecule has 0 aliphatic rings. The molecule has 0 aromatic heterocycles. The molecule has 3 atom stereocenters. The molecule has 2 unspecified atom stereocenters. The SMILES string of the molecule is CN(C(=O)C(Cc1ccccc1)NC(=O)[C@H](N)CCCO)C(Cc1ccc(OC(C)(C)C)cc1)C(N)=O. The van der Waals surface area contributed by atoms with Crippen LogP contribution in [-0.2, 0) is 27.2 Å². The van der Waals surface area contributed by atoms with Crippen molar-refractivity contribution in [2.24, 2.45) is 11.5 Å². The highest BCUT2D eigenvalue weighted by molar-refractivity contribution is 5.92. The summed E-state index contributed by atoms with van der Waals surface area (Å²) in [5, 5.41) is 11.8. The lowest BCUT2D eigenvalue weighted by Crippen LogP contribution is -2.56. The Bertz CT molecular complexity index is 1020. The Morgan fingerprint density at radius 1 is 1.00 bits per heavy atom. The molecule has 0 aliphatic carbocycles. The van der Waals surface area contributed by atoms with Gasteiger partial charge in [0.05, 0.1) is 6.04 Å². The van der Waals surface area contributed by atoms with E-state index in [2.05, 4.69) is 5.32 Å². The molecule has 0 fully saturated rings. The first-order chi connectivity index (χ1) is 17.4. The first kappa shape index (κ1) is 29.8. The van der Waals surface area contributed by atoms with Crippen LogP contribution in [0.5, 0.6) is 5.75 Å². The zero-order valence-corrected chi connectivity index (χ0v) is 22.1. The summed E-state index contributed by atoms with van der Waals surface area (Å²) in [6.07, 6.45) is 1.07. The average molecular weight is 513 g/mol. The molecule has 0 radical (unpaired) electrons. The average Bonchev–Trinajstić information content (AvgIpc) is 2.85. The van der Waals surface area contributed by atoms with Crippen LogP contribution in [-0.4, -0.2) is 65.1 Å². The lowest BCUT2D eigenvalue weighted by atomic mass is 10.0. The van der Waals surface area contributed by atoms with Gasteiger partial charge in [-0.15, -0.1) is 0 Å². The number of rotatable bonds is 13. The Morgan fingerprint density at radius 2 is 1.59 bits per heavy atom. The van der Waals surface area contributed by atoms with Gasteiger partial charge in [-0.1, -0.05) is 42.5 Å². The molecule has 0 heterocycles. The largest absolute Gasteiger partial charge is 0.488 e. The molecule has 2 aromatic carbocycles. The van der Waals surface area contributed by atoms with Crippen molar-refractivity contribution in [2.75, 3.05) is 13.7 Å². The molecule has 0 aliphatic heterocycles. The van der Waals surface area contributed by atoms with Crippen LogP contribution in [0.15, 0.2) is 54.6 Å². The van der Waals surface area contributed by atoms with Gasteiger partial charge >= 0.3 is 0 Å². The van der Waals surface area contributed by atoms with Gasteiger partial charge in [-0.3, -0.25) is 14.4 Å². The van der Waals surface area contributed by atoms with Crippen LogP contribution in [0.2, 0.25) is 0 Å². The van der Waals surface area contributed by atoms with Gasteiger partial charge in [-0.25, -0.2) is 0 Å². The minimum absolute atomic E-state index is 0.0836. The maximum atomic E-state index is 13.6. The van der Waals surface area contributed by atoms with Crippen LogP contribution in [0.3, 0.4) is 0 Å². The lowest BCUT2D eigenvalue weighted by molar-refractivity contribution is -0.141. The van der Waals surface area contributed by atoms with Gasteiger partial charge in [0.25, 0.3) is 0 Å². The molecular weight excluding hydrogens is 472 g/mol. The summed E-state index contributed by atoms with van der Waals surface area (Å²) < 4.78 is 5.84. The quantitative estimate of drug-likeness (QED) is 0.320. The number of aliphatic hydroxyl groups excluding tert-OH is 1. The zero-order chi connectivity index (χ0) is 27.6. The Kier molecular flexibility index (Phi) is 11.1. The number of primary amides is 1. The van der Waals surface area contributed by atoms with Crippen LogP contribution in [0.25, 0.3) is 0 Å². The summed E-state index contributed by atoms with van der Waals surface area (Å²) in [5.41, 5.74) is 13.0. The first-order valence-electron chi connectivity index (χ1n) is 12.5. The molecule has 3 amide bonds. The van der Waals surface area contributed by atoms with E-state index in [9.17, 15) is 14.4 Å². The smallest absolute Gasteiger partial charge is 0.245 e. The first-order valence-corrected chi connectivity index (χ1v) is 12.5. The van der Waals surface area contributed by atoms with Crippen LogP contribution in [0.1, 0.15) is 44.7 Å². The van der Waals surface area contributed by atoms with Gasteiger partial charge in [0.2, 0.25) is 17.7 Å². The number of carbonyl (C=O) groups is 3. The van der Waals surface area contributed by atoms with E-state index >= 15 is 0 Å². The van der Waals surface area contributed by atoms with Gasteiger partial charge in [0.1, 0.15) is 23.4 Å². The standard InChI is InChI=1S/C28H40N4O5/c1-28(2,3)37-21-14-12-20(13-15-21)18-24(25(30)34)32(4)27(36)23(17-19-9-6-5-7-10-19)31-26(35)22(29)11-8-16-33/h5-7,9-10,12-15,22-24,33H,8,11,16-18,29H2,1-4H3,(H2,30,34)(H,31,35)/t22-,23?,24?/m1/s1. The fourth-order valence-corrected chi connectivity index (χ4v) is 3.87. The number of likely N-dealkylation sites (N-methyl/N-ethyl adjacent to an activating group) is 1. The predicted molar refractivity (Wildman–Crippen MR) is 143 cm³/mol. The van der Waals surface area contributed by atoms with E-state index in [0.29, 0.717) is 12.2 Å². The van der Waals surface area contributed by atoms with Gasteiger partial charge in [-0.05, 0) is 56.9 Å². The number of hydrogen-bond donors (Lipinski definition) is 4. The maximum Gasteiger partial charge on any atom is 0.245 e. The van der Waals surface area contributed by atoms with E-state index in [1.54, 1.807) is 0 Å². The second-order valence-electron chi connectivity index (χ2n) is 10.2. The Hall–Kier alpha value is -3.43. The van der Waals surface area contributed by atoms with Crippen molar-refractivity contribution < 1.29 is 24.2 Å². The van der Waals surface area contributed by atoms with Crippen molar-refractivity contribution in [1.82, 2.24) is 10.2 Å². The van der Waals surface area contributed by atoms with E-state index in [4.69, 9.17) is 21.3 Å². The Labute approximate surface area is 219 Å². The number of carbonyl (C=O) groups excluding carboxylic acids is 3. The minimum atomic E-state index is -0.954. The number of ether oxygens (including phenoxy) is 1. The molecule has 202 valence electrons. The molecule has 0 saturated carbocycles. The molecule has 9 nitrogen and oxygen atoms in total. The van der Waals surface area contributed by atoms with Crippen LogP contribution < -0.4 is 21.5 Å². The highest BCUT2D eigenvalue weighted by Gasteiger charge is 2.32. The van der Waals surface area contributed by atoms with Gasteiger partial charge in [0.15, 0.2) is 0 Å². The monoisotopic (exact) mass is 512 g/mol. The summed E-state index contributed by atoms with van der Waals surface area (Å²) in [6.45, 7) is 5.78. The predicted octanol–water partition coefficient (Wildman–Crippen LogP) is 1.55. The number of nitrogens with one attached hydrogen (secondary N) is 1. The van der Waals surface area contributed by atoms with Crippen LogP contribution >= 0.6 is 0 Å². The van der Waals surface area contributed by atoms with Crippen molar-refractivity contribution in [3.05, 3.63) is 65.7 Å². The van der Waals surface area contributed by atoms with E-state index in [1.807, 2.05) is 75.4 Å². The van der Waals surface area contributed by atoms with E-state index in [-0.39, 0.29) is 31.5 Å². The summed E-state index contributed by atoms with van der Waals surface area (Å²) in [4.78, 5) is 40.0. The molecule has 2 aromatic rings. The van der Waals surface area contributed by atoms with Gasteiger partial charge in [-0.2, -0.15) is 0 Å². The number of amides is 3. The minimum Gasteiger partial charge on any atom is -0.488 e. The molecule has 6 N–H and O–H groups in total. The van der Waals surface area contributed by atoms with Crippen LogP contribution in [0, 0.1) is 0 Å².